The molecule has 0 N–H and O–H groups in total. The van der Waals surface area contributed by atoms with E-state index in [1.165, 1.54) is 28.6 Å². The van der Waals surface area contributed by atoms with Crippen molar-refractivity contribution in [3.05, 3.63) is 74.8 Å². The Morgan fingerprint density at radius 3 is 2.48 bits per heavy atom. The van der Waals surface area contributed by atoms with E-state index < -0.39 is 21.5 Å². The number of sulfonamides is 1. The Morgan fingerprint density at radius 2 is 1.76 bits per heavy atom. The molecule has 0 atom stereocenters. The monoisotopic (exact) mass is 480 g/mol. The van der Waals surface area contributed by atoms with Gasteiger partial charge in [0, 0.05) is 48.6 Å². The van der Waals surface area contributed by atoms with Crippen molar-refractivity contribution in [2.24, 2.45) is 0 Å². The largest absolute Gasteiger partial charge is 0.423 e. The molecule has 0 saturated carbocycles. The molecule has 1 saturated heterocycles. The number of hydrogen-bond donors (Lipinski definition) is 0. The molecule has 0 unspecified atom stereocenters. The summed E-state index contributed by atoms with van der Waals surface area (Å²) in [5, 5.41) is 0.842. The number of rotatable bonds is 4. The number of halogens is 2. The summed E-state index contributed by atoms with van der Waals surface area (Å²) in [6.45, 7) is 1.96. The first-order chi connectivity index (χ1) is 13.8. The zero-order valence-electron chi connectivity index (χ0n) is 15.3. The summed E-state index contributed by atoms with van der Waals surface area (Å²) in [6, 6.07) is 12.4. The number of benzene rings is 2. The van der Waals surface area contributed by atoms with Gasteiger partial charge in [-0.25, -0.2) is 17.6 Å². The van der Waals surface area contributed by atoms with Crippen molar-refractivity contribution in [2.45, 2.75) is 11.4 Å². The van der Waals surface area contributed by atoms with Crippen molar-refractivity contribution in [2.75, 3.05) is 26.2 Å². The van der Waals surface area contributed by atoms with Crippen LogP contribution in [0.25, 0.3) is 11.0 Å². The number of hydrogen-bond acceptors (Lipinski definition) is 5. The third kappa shape index (κ3) is 4.13. The molecule has 3 aromatic rings. The van der Waals surface area contributed by atoms with Crippen LogP contribution < -0.4 is 5.63 Å². The smallest absolute Gasteiger partial charge is 0.336 e. The highest BCUT2D eigenvalue weighted by atomic mass is 79.9. The van der Waals surface area contributed by atoms with Gasteiger partial charge in [0.1, 0.15) is 16.3 Å². The molecule has 2 aromatic carbocycles. The molecule has 0 amide bonds. The van der Waals surface area contributed by atoms with Crippen molar-refractivity contribution in [3.8, 4) is 0 Å². The second-order valence-corrected chi connectivity index (χ2v) is 9.66. The molecule has 152 valence electrons. The Bertz CT molecular complexity index is 1220. The lowest BCUT2D eigenvalue weighted by atomic mass is 10.1. The van der Waals surface area contributed by atoms with Gasteiger partial charge < -0.3 is 4.42 Å². The summed E-state index contributed by atoms with van der Waals surface area (Å²) >= 11 is 3.37. The van der Waals surface area contributed by atoms with Crippen LogP contribution in [0.5, 0.6) is 0 Å². The van der Waals surface area contributed by atoms with Crippen LogP contribution in [0.2, 0.25) is 0 Å². The van der Waals surface area contributed by atoms with E-state index in [1.807, 2.05) is 12.1 Å². The topological polar surface area (TPSA) is 70.8 Å². The molecule has 0 bridgehead atoms. The molecule has 1 aromatic heterocycles. The van der Waals surface area contributed by atoms with Gasteiger partial charge in [-0.05, 0) is 35.9 Å². The maximum atomic E-state index is 14.0. The Morgan fingerprint density at radius 1 is 1.03 bits per heavy atom. The SMILES string of the molecule is O=c1cc(CN2CCN(S(=O)(=O)c3ccccc3F)CC2)c2ccc(Br)cc2o1. The van der Waals surface area contributed by atoms with Crippen molar-refractivity contribution in [3.63, 3.8) is 0 Å². The number of fused-ring (bicyclic) bond motifs is 1. The minimum atomic E-state index is -3.87. The van der Waals surface area contributed by atoms with E-state index in [2.05, 4.69) is 20.8 Å². The van der Waals surface area contributed by atoms with Gasteiger partial charge in [0.25, 0.3) is 0 Å². The van der Waals surface area contributed by atoms with Gasteiger partial charge in [-0.15, -0.1) is 0 Å². The van der Waals surface area contributed by atoms with E-state index in [4.69, 9.17) is 4.42 Å². The highest BCUT2D eigenvalue weighted by Gasteiger charge is 2.30. The van der Waals surface area contributed by atoms with Crippen LogP contribution in [0.1, 0.15) is 5.56 Å². The van der Waals surface area contributed by atoms with Crippen LogP contribution in [-0.4, -0.2) is 43.8 Å². The zero-order chi connectivity index (χ0) is 20.6. The molecular formula is C20H18BrFN2O4S. The van der Waals surface area contributed by atoms with Gasteiger partial charge in [0.05, 0.1) is 0 Å². The molecule has 1 aliphatic rings. The fourth-order valence-corrected chi connectivity index (χ4v) is 5.32. The van der Waals surface area contributed by atoms with E-state index in [-0.39, 0.29) is 18.0 Å². The number of piperazine rings is 1. The van der Waals surface area contributed by atoms with Gasteiger partial charge in [0.15, 0.2) is 0 Å². The molecule has 0 spiro atoms. The van der Waals surface area contributed by atoms with Gasteiger partial charge >= 0.3 is 5.63 Å². The maximum Gasteiger partial charge on any atom is 0.336 e. The summed E-state index contributed by atoms with van der Waals surface area (Å²) in [6.07, 6.45) is 0. The van der Waals surface area contributed by atoms with Crippen molar-refractivity contribution < 1.29 is 17.2 Å². The lowest BCUT2D eigenvalue weighted by Gasteiger charge is -2.34. The second-order valence-electron chi connectivity index (χ2n) is 6.84. The molecule has 0 aliphatic carbocycles. The van der Waals surface area contributed by atoms with E-state index >= 15 is 0 Å². The zero-order valence-corrected chi connectivity index (χ0v) is 17.7. The van der Waals surface area contributed by atoms with Gasteiger partial charge in [-0.2, -0.15) is 4.31 Å². The van der Waals surface area contributed by atoms with Gasteiger partial charge in [-0.3, -0.25) is 4.90 Å². The van der Waals surface area contributed by atoms with Crippen LogP contribution >= 0.6 is 15.9 Å². The van der Waals surface area contributed by atoms with Crippen LogP contribution in [0.4, 0.5) is 4.39 Å². The van der Waals surface area contributed by atoms with Crippen molar-refractivity contribution in [1.29, 1.82) is 0 Å². The summed E-state index contributed by atoms with van der Waals surface area (Å²) in [5.74, 6) is -0.747. The Hall–Kier alpha value is -2.07. The molecule has 6 nitrogen and oxygen atoms in total. The van der Waals surface area contributed by atoms with Crippen molar-refractivity contribution in [1.82, 2.24) is 9.21 Å². The average molecular weight is 481 g/mol. The summed E-state index contributed by atoms with van der Waals surface area (Å²) in [5.41, 5.74) is 0.906. The predicted molar refractivity (Wildman–Crippen MR) is 111 cm³/mol. The summed E-state index contributed by atoms with van der Waals surface area (Å²) in [4.78, 5) is 13.7. The lowest BCUT2D eigenvalue weighted by molar-refractivity contribution is 0.181. The second kappa shape index (κ2) is 7.98. The van der Waals surface area contributed by atoms with Crippen molar-refractivity contribution >= 4 is 36.9 Å². The van der Waals surface area contributed by atoms with Crippen LogP contribution in [0.3, 0.4) is 0 Å². The highest BCUT2D eigenvalue weighted by molar-refractivity contribution is 9.10. The Labute approximate surface area is 175 Å². The molecule has 4 rings (SSSR count). The normalized spacial score (nSPS) is 16.3. The molecule has 2 heterocycles. The summed E-state index contributed by atoms with van der Waals surface area (Å²) < 4.78 is 46.8. The molecule has 1 fully saturated rings. The van der Waals surface area contributed by atoms with E-state index in [9.17, 15) is 17.6 Å². The molecular weight excluding hydrogens is 463 g/mol. The van der Waals surface area contributed by atoms with E-state index in [0.29, 0.717) is 25.2 Å². The van der Waals surface area contributed by atoms with Crippen LogP contribution in [0, 0.1) is 5.82 Å². The standard InChI is InChI=1S/C20H18BrFN2O4S/c21-15-5-6-16-14(11-20(25)28-18(16)12-15)13-23-7-9-24(10-8-23)29(26,27)19-4-2-1-3-17(19)22/h1-6,11-12H,7-10,13H2. The third-order valence-electron chi connectivity index (χ3n) is 4.97. The van der Waals surface area contributed by atoms with Gasteiger partial charge in [-0.1, -0.05) is 28.1 Å². The third-order valence-corrected chi connectivity index (χ3v) is 7.40. The molecule has 1 aliphatic heterocycles. The predicted octanol–water partition coefficient (Wildman–Crippen LogP) is 3.20. The molecule has 0 radical (unpaired) electrons. The number of nitrogens with zero attached hydrogens (tertiary/aromatic N) is 2. The fraction of sp³-hybridized carbons (Fsp3) is 0.250. The van der Waals surface area contributed by atoms with Gasteiger partial charge in [0.2, 0.25) is 10.0 Å². The lowest BCUT2D eigenvalue weighted by Crippen LogP contribution is -2.48. The maximum absolute atomic E-state index is 14.0. The molecule has 9 heteroatoms. The Kier molecular flexibility index (Phi) is 5.56. The van der Waals surface area contributed by atoms with E-state index in [1.54, 1.807) is 6.07 Å². The minimum Gasteiger partial charge on any atom is -0.423 e. The van der Waals surface area contributed by atoms with Crippen LogP contribution in [0.15, 0.2) is 67.1 Å². The summed E-state index contributed by atoms with van der Waals surface area (Å²) in [7, 11) is -3.87. The first-order valence-electron chi connectivity index (χ1n) is 9.04. The van der Waals surface area contributed by atoms with Crippen LogP contribution in [-0.2, 0) is 16.6 Å². The quantitative estimate of drug-likeness (QED) is 0.536. The first-order valence-corrected chi connectivity index (χ1v) is 11.3. The highest BCUT2D eigenvalue weighted by Crippen LogP contribution is 2.24. The van der Waals surface area contributed by atoms with E-state index in [0.717, 1.165) is 21.5 Å². The Balaban J connectivity index is 1.51. The first kappa shape index (κ1) is 20.2. The molecule has 29 heavy (non-hydrogen) atoms. The minimum absolute atomic E-state index is 0.252. The average Bonchev–Trinajstić information content (AvgIpc) is 2.68. The fourth-order valence-electron chi connectivity index (χ4n) is 3.50.